The number of aromatic nitrogens is 2. The number of nitrogens with zero attached hydrogens (tertiary/aromatic N) is 4. The number of carbonyl (C=O) groups is 1. The minimum Gasteiger partial charge on any atom is -0.462 e. The number of piperazine rings is 1. The zero-order chi connectivity index (χ0) is 15.4. The number of hydrogen-bond donors (Lipinski definition) is 1. The standard InChI is InChI=1S/C14H23N5O2/c1-4-21-13(20)12-8-16-14(17-10(12)2)19-6-5-18(3)9-11(19)7-15/h8,11H,4-7,9,15H2,1-3H3. The van der Waals surface area contributed by atoms with Crippen LogP contribution in [0.25, 0.3) is 0 Å². The summed E-state index contributed by atoms with van der Waals surface area (Å²) in [6.07, 6.45) is 1.54. The van der Waals surface area contributed by atoms with Gasteiger partial charge in [0.1, 0.15) is 0 Å². The van der Waals surface area contributed by atoms with Crippen molar-refractivity contribution in [2.75, 3.05) is 44.7 Å². The van der Waals surface area contributed by atoms with Gasteiger partial charge in [-0.3, -0.25) is 0 Å². The molecule has 21 heavy (non-hydrogen) atoms. The van der Waals surface area contributed by atoms with Crippen molar-refractivity contribution in [1.82, 2.24) is 14.9 Å². The van der Waals surface area contributed by atoms with Gasteiger partial charge >= 0.3 is 5.97 Å². The molecule has 2 N–H and O–H groups in total. The quantitative estimate of drug-likeness (QED) is 0.785. The summed E-state index contributed by atoms with van der Waals surface area (Å²) in [6.45, 7) is 7.12. The van der Waals surface area contributed by atoms with E-state index in [4.69, 9.17) is 10.5 Å². The van der Waals surface area contributed by atoms with E-state index < -0.39 is 0 Å². The Morgan fingerprint density at radius 3 is 2.90 bits per heavy atom. The summed E-state index contributed by atoms with van der Waals surface area (Å²) >= 11 is 0. The third kappa shape index (κ3) is 3.48. The highest BCUT2D eigenvalue weighted by atomic mass is 16.5. The number of nitrogens with two attached hydrogens (primary N) is 1. The lowest BCUT2D eigenvalue weighted by molar-refractivity contribution is 0.0524. The van der Waals surface area contributed by atoms with Crippen LogP contribution in [0.3, 0.4) is 0 Å². The lowest BCUT2D eigenvalue weighted by Gasteiger charge is -2.39. The molecule has 1 atom stereocenters. The minimum atomic E-state index is -0.379. The van der Waals surface area contributed by atoms with Crippen LogP contribution in [-0.2, 0) is 4.74 Å². The first-order valence-corrected chi connectivity index (χ1v) is 7.22. The van der Waals surface area contributed by atoms with Gasteiger partial charge in [0.15, 0.2) is 0 Å². The molecule has 0 aromatic carbocycles. The highest BCUT2D eigenvalue weighted by molar-refractivity contribution is 5.90. The summed E-state index contributed by atoms with van der Waals surface area (Å²) in [6, 6.07) is 0.191. The number of aryl methyl sites for hydroxylation is 1. The van der Waals surface area contributed by atoms with E-state index in [0.717, 1.165) is 19.6 Å². The summed E-state index contributed by atoms with van der Waals surface area (Å²) in [5.74, 6) is 0.249. The molecule has 0 aliphatic carbocycles. The van der Waals surface area contributed by atoms with Crippen molar-refractivity contribution in [1.29, 1.82) is 0 Å². The smallest absolute Gasteiger partial charge is 0.341 e. The second-order valence-corrected chi connectivity index (χ2v) is 5.23. The largest absolute Gasteiger partial charge is 0.462 e. The monoisotopic (exact) mass is 293 g/mol. The van der Waals surface area contributed by atoms with Crippen LogP contribution in [0.15, 0.2) is 6.20 Å². The van der Waals surface area contributed by atoms with Gasteiger partial charge in [-0.05, 0) is 20.9 Å². The Bertz CT molecular complexity index is 508. The molecule has 1 fully saturated rings. The number of hydrogen-bond acceptors (Lipinski definition) is 7. The molecule has 7 heteroatoms. The Morgan fingerprint density at radius 1 is 1.52 bits per heavy atom. The highest BCUT2D eigenvalue weighted by Gasteiger charge is 2.26. The van der Waals surface area contributed by atoms with Gasteiger partial charge in [-0.2, -0.15) is 0 Å². The fourth-order valence-corrected chi connectivity index (χ4v) is 2.48. The summed E-state index contributed by atoms with van der Waals surface area (Å²) < 4.78 is 4.99. The first-order chi connectivity index (χ1) is 10.1. The normalized spacial score (nSPS) is 19.6. The third-order valence-electron chi connectivity index (χ3n) is 3.68. The van der Waals surface area contributed by atoms with Crippen LogP contribution in [0.1, 0.15) is 23.0 Å². The van der Waals surface area contributed by atoms with Crippen LogP contribution >= 0.6 is 0 Å². The van der Waals surface area contributed by atoms with Gasteiger partial charge in [-0.1, -0.05) is 0 Å². The van der Waals surface area contributed by atoms with Crippen LogP contribution in [-0.4, -0.2) is 66.7 Å². The number of carbonyl (C=O) groups excluding carboxylic acids is 1. The molecule has 7 nitrogen and oxygen atoms in total. The van der Waals surface area contributed by atoms with E-state index >= 15 is 0 Å². The van der Waals surface area contributed by atoms with E-state index in [1.165, 1.54) is 0 Å². The Morgan fingerprint density at radius 2 is 2.29 bits per heavy atom. The van der Waals surface area contributed by atoms with Gasteiger partial charge in [0.05, 0.1) is 23.9 Å². The highest BCUT2D eigenvalue weighted by Crippen LogP contribution is 2.17. The van der Waals surface area contributed by atoms with Crippen LogP contribution < -0.4 is 10.6 Å². The van der Waals surface area contributed by atoms with Crippen molar-refractivity contribution >= 4 is 11.9 Å². The van der Waals surface area contributed by atoms with Gasteiger partial charge in [-0.15, -0.1) is 0 Å². The lowest BCUT2D eigenvalue weighted by Crippen LogP contribution is -2.55. The Labute approximate surface area is 125 Å². The average Bonchev–Trinajstić information content (AvgIpc) is 2.47. The van der Waals surface area contributed by atoms with Crippen molar-refractivity contribution in [3.63, 3.8) is 0 Å². The molecule has 1 unspecified atom stereocenters. The van der Waals surface area contributed by atoms with Gasteiger partial charge in [0.25, 0.3) is 0 Å². The zero-order valence-electron chi connectivity index (χ0n) is 12.9. The van der Waals surface area contributed by atoms with E-state index in [1.807, 2.05) is 0 Å². The Hall–Kier alpha value is -1.73. The molecule has 1 aromatic heterocycles. The summed E-state index contributed by atoms with van der Waals surface area (Å²) in [4.78, 5) is 24.9. The minimum absolute atomic E-state index is 0.191. The number of esters is 1. The Kier molecular flexibility index (Phi) is 5.08. The molecule has 1 aliphatic heterocycles. The molecular formula is C14H23N5O2. The SMILES string of the molecule is CCOC(=O)c1cnc(N2CCN(C)CC2CN)nc1C. The van der Waals surface area contributed by atoms with Crippen LogP contribution in [0.5, 0.6) is 0 Å². The predicted molar refractivity (Wildman–Crippen MR) is 80.4 cm³/mol. The number of rotatable bonds is 4. The van der Waals surface area contributed by atoms with Crippen LogP contribution in [0.2, 0.25) is 0 Å². The average molecular weight is 293 g/mol. The first-order valence-electron chi connectivity index (χ1n) is 7.22. The van der Waals surface area contributed by atoms with Crippen molar-refractivity contribution in [2.45, 2.75) is 19.9 Å². The zero-order valence-corrected chi connectivity index (χ0v) is 12.9. The summed E-state index contributed by atoms with van der Waals surface area (Å²) in [5, 5.41) is 0. The van der Waals surface area contributed by atoms with E-state index in [9.17, 15) is 4.79 Å². The van der Waals surface area contributed by atoms with Gasteiger partial charge in [0.2, 0.25) is 5.95 Å². The Balaban J connectivity index is 2.21. The van der Waals surface area contributed by atoms with Crippen LogP contribution in [0.4, 0.5) is 5.95 Å². The molecule has 0 radical (unpaired) electrons. The summed E-state index contributed by atoms with van der Waals surface area (Å²) in [5.41, 5.74) is 6.90. The molecule has 0 saturated carbocycles. The first kappa shape index (κ1) is 15.7. The number of likely N-dealkylation sites (N-methyl/N-ethyl adjacent to an activating group) is 1. The maximum atomic E-state index is 11.8. The van der Waals surface area contributed by atoms with E-state index in [1.54, 1.807) is 20.0 Å². The van der Waals surface area contributed by atoms with Gasteiger partial charge in [0, 0.05) is 32.4 Å². The molecule has 0 amide bonds. The fraction of sp³-hybridized carbons (Fsp3) is 0.643. The molecule has 2 heterocycles. The van der Waals surface area contributed by atoms with Crippen LogP contribution in [0, 0.1) is 6.92 Å². The number of anilines is 1. The maximum Gasteiger partial charge on any atom is 0.341 e. The van der Waals surface area contributed by atoms with Crippen molar-refractivity contribution < 1.29 is 9.53 Å². The molecule has 0 bridgehead atoms. The van der Waals surface area contributed by atoms with Crippen molar-refractivity contribution in [3.05, 3.63) is 17.5 Å². The van der Waals surface area contributed by atoms with E-state index in [-0.39, 0.29) is 12.0 Å². The molecular weight excluding hydrogens is 270 g/mol. The molecule has 1 saturated heterocycles. The van der Waals surface area contributed by atoms with Gasteiger partial charge in [-0.25, -0.2) is 14.8 Å². The second kappa shape index (κ2) is 6.82. The number of ether oxygens (including phenoxy) is 1. The molecule has 116 valence electrons. The fourth-order valence-electron chi connectivity index (χ4n) is 2.48. The van der Waals surface area contributed by atoms with Crippen molar-refractivity contribution in [3.8, 4) is 0 Å². The van der Waals surface area contributed by atoms with Gasteiger partial charge < -0.3 is 20.3 Å². The second-order valence-electron chi connectivity index (χ2n) is 5.23. The maximum absolute atomic E-state index is 11.8. The van der Waals surface area contributed by atoms with E-state index in [0.29, 0.717) is 30.4 Å². The topological polar surface area (TPSA) is 84.6 Å². The summed E-state index contributed by atoms with van der Waals surface area (Å²) in [7, 11) is 2.08. The molecule has 1 aliphatic rings. The van der Waals surface area contributed by atoms with E-state index in [2.05, 4.69) is 26.8 Å². The lowest BCUT2D eigenvalue weighted by atomic mass is 10.2. The third-order valence-corrected chi connectivity index (χ3v) is 3.68. The molecule has 1 aromatic rings. The molecule has 0 spiro atoms. The predicted octanol–water partition coefficient (Wildman–Crippen LogP) is 0.0408. The molecule has 2 rings (SSSR count). The van der Waals surface area contributed by atoms with Crippen molar-refractivity contribution in [2.24, 2.45) is 5.73 Å².